The Hall–Kier alpha value is -2.53. The van der Waals surface area contributed by atoms with E-state index in [1.54, 1.807) is 31.2 Å². The molecule has 1 amide bonds. The zero-order chi connectivity index (χ0) is 16.3. The van der Waals surface area contributed by atoms with E-state index in [0.29, 0.717) is 21.9 Å². The molecule has 0 heterocycles. The van der Waals surface area contributed by atoms with Crippen LogP contribution in [0.3, 0.4) is 0 Å². The average molecular weight is 320 g/mol. The number of nitrogens with one attached hydrogen (secondary N) is 1. The summed E-state index contributed by atoms with van der Waals surface area (Å²) in [5.41, 5.74) is 1.31. The lowest BCUT2D eigenvalue weighted by Gasteiger charge is -2.11. The number of ether oxygens (including phenoxy) is 1. The Bertz CT molecular complexity index is 726. The smallest absolute Gasteiger partial charge is 0.335 e. The topological polar surface area (TPSA) is 75.6 Å². The fraction of sp³-hybridized carbons (Fsp3) is 0.125. The second-order valence-corrected chi connectivity index (χ2v) is 5.02. The summed E-state index contributed by atoms with van der Waals surface area (Å²) < 4.78 is 5.03. The van der Waals surface area contributed by atoms with Crippen LogP contribution in [-0.2, 0) is 0 Å². The van der Waals surface area contributed by atoms with Gasteiger partial charge in [0.25, 0.3) is 5.91 Å². The van der Waals surface area contributed by atoms with E-state index in [2.05, 4.69) is 5.32 Å². The van der Waals surface area contributed by atoms with E-state index < -0.39 is 5.97 Å². The number of carboxylic acid groups (broad SMARTS) is 1. The molecule has 0 radical (unpaired) electrons. The minimum absolute atomic E-state index is 0.0620. The average Bonchev–Trinajstić information content (AvgIpc) is 2.51. The molecule has 114 valence electrons. The molecule has 0 spiro atoms. The van der Waals surface area contributed by atoms with Gasteiger partial charge in [0.1, 0.15) is 5.75 Å². The Labute approximate surface area is 132 Å². The van der Waals surface area contributed by atoms with E-state index >= 15 is 0 Å². The van der Waals surface area contributed by atoms with Gasteiger partial charge in [-0.25, -0.2) is 4.79 Å². The summed E-state index contributed by atoms with van der Waals surface area (Å²) in [6.07, 6.45) is 0. The zero-order valence-corrected chi connectivity index (χ0v) is 12.8. The lowest BCUT2D eigenvalue weighted by Crippen LogP contribution is -2.13. The highest BCUT2D eigenvalue weighted by Crippen LogP contribution is 2.28. The Morgan fingerprint density at radius 3 is 2.32 bits per heavy atom. The van der Waals surface area contributed by atoms with Crippen molar-refractivity contribution >= 4 is 29.2 Å². The summed E-state index contributed by atoms with van der Waals surface area (Å²) in [5, 5.41) is 12.0. The number of hydrogen-bond acceptors (Lipinski definition) is 3. The molecule has 22 heavy (non-hydrogen) atoms. The molecule has 0 aliphatic carbocycles. The van der Waals surface area contributed by atoms with Crippen LogP contribution in [0, 0.1) is 6.92 Å². The van der Waals surface area contributed by atoms with Gasteiger partial charge in [0.2, 0.25) is 0 Å². The molecule has 2 rings (SSSR count). The molecule has 0 unspecified atom stereocenters. The predicted molar refractivity (Wildman–Crippen MR) is 84.1 cm³/mol. The van der Waals surface area contributed by atoms with Gasteiger partial charge < -0.3 is 15.2 Å². The van der Waals surface area contributed by atoms with Gasteiger partial charge in [-0.15, -0.1) is 0 Å². The van der Waals surface area contributed by atoms with E-state index in [4.69, 9.17) is 21.4 Å². The number of carbonyl (C=O) groups is 2. The van der Waals surface area contributed by atoms with Gasteiger partial charge in [-0.3, -0.25) is 4.79 Å². The van der Waals surface area contributed by atoms with Crippen LogP contribution < -0.4 is 10.1 Å². The lowest BCUT2D eigenvalue weighted by atomic mass is 10.1. The van der Waals surface area contributed by atoms with Crippen LogP contribution in [0.15, 0.2) is 36.4 Å². The van der Waals surface area contributed by atoms with E-state index in [0.717, 1.165) is 0 Å². The van der Waals surface area contributed by atoms with Crippen LogP contribution in [0.2, 0.25) is 5.02 Å². The fourth-order valence-corrected chi connectivity index (χ4v) is 2.08. The number of anilines is 1. The number of aryl methyl sites for hydroxylation is 1. The Balaban J connectivity index is 2.29. The minimum Gasteiger partial charge on any atom is -0.497 e. The molecule has 2 aromatic carbocycles. The largest absolute Gasteiger partial charge is 0.497 e. The van der Waals surface area contributed by atoms with E-state index in [9.17, 15) is 9.59 Å². The van der Waals surface area contributed by atoms with Crippen molar-refractivity contribution in [1.29, 1.82) is 0 Å². The standard InChI is InChI=1S/C16H14ClNO4/c1-9-7-11(16(20)21)8-13(14(9)17)18-15(19)10-3-5-12(22-2)6-4-10/h3-8H,1-2H3,(H,18,19)(H,20,21). The Kier molecular flexibility index (Phi) is 4.68. The first kappa shape index (κ1) is 15.9. The molecule has 6 heteroatoms. The highest BCUT2D eigenvalue weighted by Gasteiger charge is 2.14. The first-order valence-electron chi connectivity index (χ1n) is 6.41. The van der Waals surface area contributed by atoms with Crippen LogP contribution in [-0.4, -0.2) is 24.1 Å². The summed E-state index contributed by atoms with van der Waals surface area (Å²) in [6.45, 7) is 1.68. The van der Waals surface area contributed by atoms with Gasteiger partial charge >= 0.3 is 5.97 Å². The van der Waals surface area contributed by atoms with Crippen molar-refractivity contribution in [2.24, 2.45) is 0 Å². The van der Waals surface area contributed by atoms with Crippen LogP contribution in [0.4, 0.5) is 5.69 Å². The third kappa shape index (κ3) is 3.38. The summed E-state index contributed by atoms with van der Waals surface area (Å²) in [5.74, 6) is -0.829. The number of methoxy groups -OCH3 is 1. The number of amides is 1. The maximum Gasteiger partial charge on any atom is 0.335 e. The van der Waals surface area contributed by atoms with E-state index in [1.807, 2.05) is 0 Å². The van der Waals surface area contributed by atoms with Crippen molar-refractivity contribution in [3.8, 4) is 5.75 Å². The van der Waals surface area contributed by atoms with Crippen LogP contribution in [0.5, 0.6) is 5.75 Å². The van der Waals surface area contributed by atoms with E-state index in [1.165, 1.54) is 19.2 Å². The second kappa shape index (κ2) is 6.49. The molecule has 0 aromatic heterocycles. The second-order valence-electron chi connectivity index (χ2n) is 4.64. The van der Waals surface area contributed by atoms with Crippen molar-refractivity contribution in [1.82, 2.24) is 0 Å². The predicted octanol–water partition coefficient (Wildman–Crippen LogP) is 3.61. The zero-order valence-electron chi connectivity index (χ0n) is 12.0. The molecule has 5 nitrogen and oxygen atoms in total. The minimum atomic E-state index is -1.08. The number of carboxylic acids is 1. The molecular formula is C16H14ClNO4. The summed E-state index contributed by atoms with van der Waals surface area (Å²) >= 11 is 6.12. The third-order valence-corrected chi connectivity index (χ3v) is 3.60. The van der Waals surface area contributed by atoms with Gasteiger partial charge in [-0.2, -0.15) is 0 Å². The highest BCUT2D eigenvalue weighted by molar-refractivity contribution is 6.34. The first-order chi connectivity index (χ1) is 10.4. The quantitative estimate of drug-likeness (QED) is 0.902. The monoisotopic (exact) mass is 319 g/mol. The van der Waals surface area contributed by atoms with Crippen molar-refractivity contribution in [2.45, 2.75) is 6.92 Å². The first-order valence-corrected chi connectivity index (χ1v) is 6.79. The van der Waals surface area contributed by atoms with Crippen molar-refractivity contribution < 1.29 is 19.4 Å². The number of aromatic carboxylic acids is 1. The van der Waals surface area contributed by atoms with Gasteiger partial charge in [0.15, 0.2) is 0 Å². The third-order valence-electron chi connectivity index (χ3n) is 3.10. The molecule has 0 atom stereocenters. The number of benzene rings is 2. The van der Waals surface area contributed by atoms with Crippen LogP contribution in [0.25, 0.3) is 0 Å². The molecule has 0 bridgehead atoms. The maximum atomic E-state index is 12.2. The molecule has 2 N–H and O–H groups in total. The van der Waals surface area contributed by atoms with Gasteiger partial charge in [-0.05, 0) is 48.9 Å². The fourth-order valence-electron chi connectivity index (χ4n) is 1.92. The summed E-state index contributed by atoms with van der Waals surface area (Å²) in [4.78, 5) is 23.3. The Morgan fingerprint density at radius 2 is 1.77 bits per heavy atom. The van der Waals surface area contributed by atoms with E-state index in [-0.39, 0.29) is 17.2 Å². The molecule has 0 saturated heterocycles. The van der Waals surface area contributed by atoms with Gasteiger partial charge in [0, 0.05) is 5.56 Å². The number of halogens is 1. The Morgan fingerprint density at radius 1 is 1.14 bits per heavy atom. The molecule has 0 saturated carbocycles. The summed E-state index contributed by atoms with van der Waals surface area (Å²) in [7, 11) is 1.54. The molecule has 0 fully saturated rings. The molecule has 0 aliphatic heterocycles. The normalized spacial score (nSPS) is 10.1. The molecule has 0 aliphatic rings. The van der Waals surface area contributed by atoms with Gasteiger partial charge in [-0.1, -0.05) is 11.6 Å². The number of carbonyl (C=O) groups excluding carboxylic acids is 1. The SMILES string of the molecule is COc1ccc(C(=O)Nc2cc(C(=O)O)cc(C)c2Cl)cc1. The van der Waals surface area contributed by atoms with Crippen LogP contribution in [0.1, 0.15) is 26.3 Å². The number of rotatable bonds is 4. The van der Waals surface area contributed by atoms with Gasteiger partial charge in [0.05, 0.1) is 23.4 Å². The summed E-state index contributed by atoms with van der Waals surface area (Å²) in [6, 6.07) is 9.32. The maximum absolute atomic E-state index is 12.2. The van der Waals surface area contributed by atoms with Crippen molar-refractivity contribution in [3.63, 3.8) is 0 Å². The number of hydrogen-bond donors (Lipinski definition) is 2. The van der Waals surface area contributed by atoms with Crippen molar-refractivity contribution in [2.75, 3.05) is 12.4 Å². The highest BCUT2D eigenvalue weighted by atomic mass is 35.5. The molecular weight excluding hydrogens is 306 g/mol. The van der Waals surface area contributed by atoms with Crippen molar-refractivity contribution in [3.05, 3.63) is 58.1 Å². The van der Waals surface area contributed by atoms with Crippen LogP contribution >= 0.6 is 11.6 Å². The molecule has 2 aromatic rings. The lowest BCUT2D eigenvalue weighted by molar-refractivity contribution is 0.0696.